The van der Waals surface area contributed by atoms with Crippen molar-refractivity contribution in [2.24, 2.45) is 5.10 Å². The van der Waals surface area contributed by atoms with Gasteiger partial charge in [0, 0.05) is 7.11 Å². The second-order valence-electron chi connectivity index (χ2n) is 4.67. The number of aryl methyl sites for hydroxylation is 1. The van der Waals surface area contributed by atoms with Crippen LogP contribution >= 0.6 is 0 Å². The Hall–Kier alpha value is -2.46. The van der Waals surface area contributed by atoms with Gasteiger partial charge < -0.3 is 4.74 Å². The lowest BCUT2D eigenvalue weighted by Gasteiger charge is -2.13. The van der Waals surface area contributed by atoms with Gasteiger partial charge in [-0.25, -0.2) is 5.43 Å². The van der Waals surface area contributed by atoms with Crippen LogP contribution in [-0.4, -0.2) is 19.2 Å². The van der Waals surface area contributed by atoms with Crippen molar-refractivity contribution >= 4 is 12.1 Å². The molecule has 0 radical (unpaired) electrons. The van der Waals surface area contributed by atoms with Gasteiger partial charge in [-0.15, -0.1) is 0 Å². The number of carbonyl (C=O) groups excluding carboxylic acids is 1. The second-order valence-corrected chi connectivity index (χ2v) is 4.67. The molecule has 21 heavy (non-hydrogen) atoms. The lowest BCUT2D eigenvalue weighted by molar-refractivity contribution is -0.131. The van der Waals surface area contributed by atoms with Crippen LogP contribution in [0.3, 0.4) is 0 Å². The molecule has 0 aromatic heterocycles. The topological polar surface area (TPSA) is 50.7 Å². The first-order chi connectivity index (χ1) is 10.2. The molecule has 2 aromatic rings. The summed E-state index contributed by atoms with van der Waals surface area (Å²) in [5.74, 6) is -0.299. The van der Waals surface area contributed by atoms with Crippen molar-refractivity contribution in [2.75, 3.05) is 7.11 Å². The van der Waals surface area contributed by atoms with Gasteiger partial charge in [-0.1, -0.05) is 60.2 Å². The Bertz CT molecular complexity index is 624. The molecule has 4 nitrogen and oxygen atoms in total. The van der Waals surface area contributed by atoms with E-state index in [-0.39, 0.29) is 5.91 Å². The van der Waals surface area contributed by atoms with E-state index in [1.165, 1.54) is 7.11 Å². The summed E-state index contributed by atoms with van der Waals surface area (Å²) in [5.41, 5.74) is 5.38. The molecule has 0 spiro atoms. The predicted molar refractivity (Wildman–Crippen MR) is 83.1 cm³/mol. The van der Waals surface area contributed by atoms with E-state index in [2.05, 4.69) is 10.5 Å². The molecule has 108 valence electrons. The van der Waals surface area contributed by atoms with Crippen LogP contribution in [0.1, 0.15) is 22.8 Å². The lowest BCUT2D eigenvalue weighted by Crippen LogP contribution is -2.26. The van der Waals surface area contributed by atoms with Crippen molar-refractivity contribution in [1.29, 1.82) is 0 Å². The molecular formula is C17H18N2O2. The number of benzene rings is 2. The Balaban J connectivity index is 2.00. The van der Waals surface area contributed by atoms with Crippen molar-refractivity contribution in [1.82, 2.24) is 5.43 Å². The highest BCUT2D eigenvalue weighted by atomic mass is 16.5. The molecule has 2 rings (SSSR count). The molecule has 0 bridgehead atoms. The van der Waals surface area contributed by atoms with Crippen LogP contribution in [0.25, 0.3) is 0 Å². The van der Waals surface area contributed by atoms with Crippen LogP contribution in [0.5, 0.6) is 0 Å². The molecule has 0 unspecified atom stereocenters. The summed E-state index contributed by atoms with van der Waals surface area (Å²) in [6.45, 7) is 2.01. The van der Waals surface area contributed by atoms with Gasteiger partial charge in [0.15, 0.2) is 6.10 Å². The minimum absolute atomic E-state index is 0.299. The normalized spacial score (nSPS) is 12.3. The zero-order valence-electron chi connectivity index (χ0n) is 12.1. The fraction of sp³-hybridized carbons (Fsp3) is 0.176. The largest absolute Gasteiger partial charge is 0.367 e. The molecule has 0 aliphatic rings. The van der Waals surface area contributed by atoms with Crippen LogP contribution in [0.2, 0.25) is 0 Å². The fourth-order valence-corrected chi connectivity index (χ4v) is 2.00. The number of rotatable bonds is 5. The molecule has 0 heterocycles. The highest BCUT2D eigenvalue weighted by Crippen LogP contribution is 2.15. The van der Waals surface area contributed by atoms with Gasteiger partial charge in [0.25, 0.3) is 5.91 Å². The van der Waals surface area contributed by atoms with Gasteiger partial charge in [0.05, 0.1) is 6.21 Å². The molecule has 1 N–H and O–H groups in total. The van der Waals surface area contributed by atoms with E-state index in [0.29, 0.717) is 0 Å². The highest BCUT2D eigenvalue weighted by Gasteiger charge is 2.18. The van der Waals surface area contributed by atoms with Gasteiger partial charge >= 0.3 is 0 Å². The summed E-state index contributed by atoms with van der Waals surface area (Å²) >= 11 is 0. The third-order valence-electron chi connectivity index (χ3n) is 3.01. The molecule has 2 aromatic carbocycles. The highest BCUT2D eigenvalue weighted by molar-refractivity contribution is 5.85. The third-order valence-corrected chi connectivity index (χ3v) is 3.01. The van der Waals surface area contributed by atoms with Gasteiger partial charge in [0.1, 0.15) is 0 Å². The van der Waals surface area contributed by atoms with E-state index in [1.54, 1.807) is 6.21 Å². The minimum atomic E-state index is -0.666. The van der Waals surface area contributed by atoms with Crippen LogP contribution < -0.4 is 5.43 Å². The van der Waals surface area contributed by atoms with Crippen molar-refractivity contribution in [3.05, 3.63) is 71.3 Å². The Morgan fingerprint density at radius 3 is 2.62 bits per heavy atom. The van der Waals surface area contributed by atoms with Crippen molar-refractivity contribution in [3.8, 4) is 0 Å². The van der Waals surface area contributed by atoms with E-state index < -0.39 is 6.10 Å². The minimum Gasteiger partial charge on any atom is -0.367 e. The number of ether oxygens (including phenoxy) is 1. The summed E-state index contributed by atoms with van der Waals surface area (Å²) in [4.78, 5) is 12.1. The zero-order chi connectivity index (χ0) is 15.1. The maximum atomic E-state index is 12.1. The average molecular weight is 282 g/mol. The first kappa shape index (κ1) is 14.9. The predicted octanol–water partition coefficient (Wildman–Crippen LogP) is 2.83. The van der Waals surface area contributed by atoms with E-state index >= 15 is 0 Å². The molecule has 0 saturated heterocycles. The molecule has 1 amide bonds. The van der Waals surface area contributed by atoms with E-state index in [1.807, 2.05) is 61.5 Å². The Kier molecular flexibility index (Phi) is 5.23. The lowest BCUT2D eigenvalue weighted by atomic mass is 10.1. The molecule has 1 atom stereocenters. The van der Waals surface area contributed by atoms with Crippen molar-refractivity contribution in [2.45, 2.75) is 13.0 Å². The number of nitrogens with zero attached hydrogens (tertiary/aromatic N) is 1. The number of hydrogen-bond donors (Lipinski definition) is 1. The van der Waals surface area contributed by atoms with Gasteiger partial charge in [-0.05, 0) is 18.1 Å². The maximum absolute atomic E-state index is 12.1. The van der Waals surface area contributed by atoms with E-state index in [4.69, 9.17) is 4.74 Å². The number of amides is 1. The van der Waals surface area contributed by atoms with E-state index in [9.17, 15) is 4.79 Å². The Labute approximate surface area is 124 Å². The number of carbonyl (C=O) groups is 1. The molecular weight excluding hydrogens is 264 g/mol. The molecule has 0 fully saturated rings. The summed E-state index contributed by atoms with van der Waals surface area (Å²) in [6, 6.07) is 17.2. The van der Waals surface area contributed by atoms with E-state index in [0.717, 1.165) is 16.7 Å². The monoisotopic (exact) mass is 282 g/mol. The summed E-state index contributed by atoms with van der Waals surface area (Å²) < 4.78 is 5.23. The first-order valence-electron chi connectivity index (χ1n) is 6.68. The summed E-state index contributed by atoms with van der Waals surface area (Å²) in [7, 11) is 1.50. The molecule has 0 aliphatic carbocycles. The van der Waals surface area contributed by atoms with Crippen molar-refractivity contribution < 1.29 is 9.53 Å². The maximum Gasteiger partial charge on any atom is 0.273 e. The van der Waals surface area contributed by atoms with Crippen LogP contribution in [-0.2, 0) is 9.53 Å². The second kappa shape index (κ2) is 7.36. The van der Waals surface area contributed by atoms with Gasteiger partial charge in [0.2, 0.25) is 0 Å². The number of methoxy groups -OCH3 is 1. The van der Waals surface area contributed by atoms with Gasteiger partial charge in [-0.3, -0.25) is 4.79 Å². The van der Waals surface area contributed by atoms with Crippen molar-refractivity contribution in [3.63, 3.8) is 0 Å². The smallest absolute Gasteiger partial charge is 0.273 e. The molecule has 0 aliphatic heterocycles. The first-order valence-corrected chi connectivity index (χ1v) is 6.68. The van der Waals surface area contributed by atoms with Crippen LogP contribution in [0.15, 0.2) is 59.7 Å². The third kappa shape index (κ3) is 4.26. The fourth-order valence-electron chi connectivity index (χ4n) is 2.00. The van der Waals surface area contributed by atoms with Crippen LogP contribution in [0, 0.1) is 6.92 Å². The Morgan fingerprint density at radius 2 is 1.95 bits per heavy atom. The molecule has 0 saturated carbocycles. The Morgan fingerprint density at radius 1 is 1.19 bits per heavy atom. The zero-order valence-corrected chi connectivity index (χ0v) is 12.1. The standard InChI is InChI=1S/C17H18N2O2/c1-13-7-6-8-14(11-13)12-18-19-17(20)16(21-2)15-9-4-3-5-10-15/h3-12,16H,1-2H3,(H,19,20)/b18-12-/t16-/m1/s1. The summed E-state index contributed by atoms with van der Waals surface area (Å²) in [6.07, 6.45) is 0.948. The SMILES string of the molecule is CO[C@@H](C(=O)N/N=C\c1cccc(C)c1)c1ccccc1. The van der Waals surface area contributed by atoms with Crippen LogP contribution in [0.4, 0.5) is 0 Å². The summed E-state index contributed by atoms with van der Waals surface area (Å²) in [5, 5.41) is 3.97. The quantitative estimate of drug-likeness (QED) is 0.677. The average Bonchev–Trinajstić information content (AvgIpc) is 2.49. The van der Waals surface area contributed by atoms with Gasteiger partial charge in [-0.2, -0.15) is 5.10 Å². The number of hydrazone groups is 1. The number of nitrogens with one attached hydrogen (secondary N) is 1. The number of hydrogen-bond acceptors (Lipinski definition) is 3. The molecule has 4 heteroatoms.